The molecule has 17 heavy (non-hydrogen) atoms. The second-order valence-corrected chi connectivity index (χ2v) is 4.04. The maximum atomic E-state index is 11.5. The largest absolute Gasteiger partial charge is 0.450 e. The summed E-state index contributed by atoms with van der Waals surface area (Å²) in [5, 5.41) is 2.88. The van der Waals surface area contributed by atoms with Gasteiger partial charge in [-0.1, -0.05) is 36.4 Å². The first-order valence-electron chi connectivity index (χ1n) is 5.73. The minimum absolute atomic E-state index is 0.366. The molecule has 1 aromatic carbocycles. The van der Waals surface area contributed by atoms with Crippen LogP contribution in [0.15, 0.2) is 43.0 Å². The predicted molar refractivity (Wildman–Crippen MR) is 68.8 cm³/mol. The van der Waals surface area contributed by atoms with E-state index in [1.54, 1.807) is 13.0 Å². The van der Waals surface area contributed by atoms with E-state index in [1.165, 1.54) is 0 Å². The Balaban J connectivity index is 2.89. The van der Waals surface area contributed by atoms with Crippen LogP contribution in [0.25, 0.3) is 0 Å². The zero-order valence-corrected chi connectivity index (χ0v) is 10.4. The van der Waals surface area contributed by atoms with Gasteiger partial charge in [-0.2, -0.15) is 0 Å². The summed E-state index contributed by atoms with van der Waals surface area (Å²) in [7, 11) is 0. The van der Waals surface area contributed by atoms with Gasteiger partial charge >= 0.3 is 6.09 Å². The molecular weight excluding hydrogens is 214 g/mol. The molecule has 0 fully saturated rings. The Kier molecular flexibility index (Phi) is 4.76. The number of hydrogen-bond donors (Lipinski definition) is 1. The van der Waals surface area contributed by atoms with E-state index < -0.39 is 11.6 Å². The molecule has 0 aromatic heterocycles. The summed E-state index contributed by atoms with van der Waals surface area (Å²) in [6.45, 7) is 7.84. The third-order valence-corrected chi connectivity index (χ3v) is 2.62. The molecule has 0 spiro atoms. The second-order valence-electron chi connectivity index (χ2n) is 4.04. The van der Waals surface area contributed by atoms with Crippen LogP contribution in [-0.4, -0.2) is 12.7 Å². The van der Waals surface area contributed by atoms with Gasteiger partial charge in [0, 0.05) is 0 Å². The second kappa shape index (κ2) is 6.09. The number of benzene rings is 1. The quantitative estimate of drug-likeness (QED) is 0.793. The molecule has 0 saturated carbocycles. The number of carbonyl (C=O) groups excluding carboxylic acids is 1. The third-order valence-electron chi connectivity index (χ3n) is 2.62. The molecule has 1 rings (SSSR count). The number of nitrogens with one attached hydrogen (secondary N) is 1. The van der Waals surface area contributed by atoms with Gasteiger partial charge in [0.2, 0.25) is 0 Å². The molecule has 1 amide bonds. The Labute approximate surface area is 102 Å². The van der Waals surface area contributed by atoms with Crippen molar-refractivity contribution in [2.24, 2.45) is 0 Å². The van der Waals surface area contributed by atoms with Gasteiger partial charge in [-0.3, -0.25) is 0 Å². The van der Waals surface area contributed by atoms with Crippen molar-refractivity contribution in [2.75, 3.05) is 6.61 Å². The van der Waals surface area contributed by atoms with Gasteiger partial charge in [0.1, 0.15) is 0 Å². The van der Waals surface area contributed by atoms with Crippen molar-refractivity contribution in [1.29, 1.82) is 0 Å². The van der Waals surface area contributed by atoms with E-state index in [1.807, 2.05) is 37.3 Å². The van der Waals surface area contributed by atoms with Crippen LogP contribution in [0.4, 0.5) is 4.79 Å². The van der Waals surface area contributed by atoms with E-state index in [2.05, 4.69) is 11.9 Å². The van der Waals surface area contributed by atoms with Crippen LogP contribution in [0.2, 0.25) is 0 Å². The predicted octanol–water partition coefficient (Wildman–Crippen LogP) is 3.22. The Morgan fingerprint density at radius 2 is 2.12 bits per heavy atom. The number of carbonyl (C=O) groups is 1. The normalized spacial score (nSPS) is 13.5. The number of rotatable bonds is 5. The number of hydrogen-bond acceptors (Lipinski definition) is 2. The Morgan fingerprint density at radius 1 is 1.47 bits per heavy atom. The molecule has 1 atom stereocenters. The van der Waals surface area contributed by atoms with Gasteiger partial charge in [0.25, 0.3) is 0 Å². The molecule has 0 saturated heterocycles. The summed E-state index contributed by atoms with van der Waals surface area (Å²) >= 11 is 0. The molecular formula is C14H19NO2. The zero-order valence-electron chi connectivity index (χ0n) is 10.4. The monoisotopic (exact) mass is 233 g/mol. The average molecular weight is 233 g/mol. The standard InChI is InChI=1S/C14H19NO2/c1-4-11-14(3,15-13(16)17-5-2)12-9-7-6-8-10-12/h4,6-10H,1,5,11H2,2-3H3,(H,15,16)/t14-/m0/s1. The van der Waals surface area contributed by atoms with Gasteiger partial charge in [-0.05, 0) is 25.8 Å². The molecule has 0 unspecified atom stereocenters. The summed E-state index contributed by atoms with van der Waals surface area (Å²) in [5.41, 5.74) is 0.558. The van der Waals surface area contributed by atoms with Crippen LogP contribution in [0, 0.1) is 0 Å². The zero-order chi connectivity index (χ0) is 12.7. The third kappa shape index (κ3) is 3.63. The SMILES string of the molecule is C=CC[C@](C)(NC(=O)OCC)c1ccccc1. The molecule has 0 aliphatic carbocycles. The molecule has 0 aliphatic rings. The maximum Gasteiger partial charge on any atom is 0.407 e. The molecule has 3 nitrogen and oxygen atoms in total. The number of alkyl carbamates (subject to hydrolysis) is 1. The van der Waals surface area contributed by atoms with Crippen LogP contribution in [-0.2, 0) is 10.3 Å². The van der Waals surface area contributed by atoms with Crippen molar-refractivity contribution in [3.05, 3.63) is 48.6 Å². The van der Waals surface area contributed by atoms with Crippen LogP contribution in [0.1, 0.15) is 25.8 Å². The fourth-order valence-corrected chi connectivity index (χ4v) is 1.73. The van der Waals surface area contributed by atoms with Crippen LogP contribution in [0.5, 0.6) is 0 Å². The molecule has 0 bridgehead atoms. The van der Waals surface area contributed by atoms with Crippen molar-refractivity contribution in [3.8, 4) is 0 Å². The van der Waals surface area contributed by atoms with E-state index in [0.717, 1.165) is 5.56 Å². The highest BCUT2D eigenvalue weighted by Crippen LogP contribution is 2.24. The molecule has 3 heteroatoms. The Morgan fingerprint density at radius 3 is 2.65 bits per heavy atom. The van der Waals surface area contributed by atoms with Crippen LogP contribution in [0.3, 0.4) is 0 Å². The molecule has 0 aliphatic heterocycles. The first-order chi connectivity index (χ1) is 8.12. The maximum absolute atomic E-state index is 11.5. The number of ether oxygens (including phenoxy) is 1. The molecule has 1 N–H and O–H groups in total. The van der Waals surface area contributed by atoms with Crippen LogP contribution < -0.4 is 5.32 Å². The van der Waals surface area contributed by atoms with Crippen LogP contribution >= 0.6 is 0 Å². The lowest BCUT2D eigenvalue weighted by atomic mass is 9.89. The van der Waals surface area contributed by atoms with Crippen molar-refractivity contribution in [1.82, 2.24) is 5.32 Å². The Bertz CT molecular complexity index is 375. The molecule has 1 aromatic rings. The van der Waals surface area contributed by atoms with Crippen molar-refractivity contribution < 1.29 is 9.53 Å². The van der Waals surface area contributed by atoms with Gasteiger partial charge in [-0.15, -0.1) is 6.58 Å². The summed E-state index contributed by atoms with van der Waals surface area (Å²) in [5.74, 6) is 0. The van der Waals surface area contributed by atoms with Crippen molar-refractivity contribution in [3.63, 3.8) is 0 Å². The van der Waals surface area contributed by atoms with E-state index in [0.29, 0.717) is 13.0 Å². The summed E-state index contributed by atoms with van der Waals surface area (Å²) in [6.07, 6.45) is 2.04. The molecule has 0 radical (unpaired) electrons. The fourth-order valence-electron chi connectivity index (χ4n) is 1.73. The Hall–Kier alpha value is -1.77. The van der Waals surface area contributed by atoms with Crippen molar-refractivity contribution in [2.45, 2.75) is 25.8 Å². The van der Waals surface area contributed by atoms with Gasteiger partial charge in [0.05, 0.1) is 12.1 Å². The highest BCUT2D eigenvalue weighted by atomic mass is 16.5. The topological polar surface area (TPSA) is 38.3 Å². The van der Waals surface area contributed by atoms with Crippen molar-refractivity contribution >= 4 is 6.09 Å². The van der Waals surface area contributed by atoms with E-state index in [-0.39, 0.29) is 0 Å². The summed E-state index contributed by atoms with van der Waals surface area (Å²) in [4.78, 5) is 11.5. The average Bonchev–Trinajstić information content (AvgIpc) is 2.30. The summed E-state index contributed by atoms with van der Waals surface area (Å²) in [6, 6.07) is 9.81. The minimum atomic E-state index is -0.477. The van der Waals surface area contributed by atoms with E-state index in [4.69, 9.17) is 4.74 Å². The lowest BCUT2D eigenvalue weighted by Gasteiger charge is -2.29. The lowest BCUT2D eigenvalue weighted by molar-refractivity contribution is 0.139. The highest BCUT2D eigenvalue weighted by molar-refractivity contribution is 5.68. The minimum Gasteiger partial charge on any atom is -0.450 e. The first kappa shape index (κ1) is 13.3. The fraction of sp³-hybridized carbons (Fsp3) is 0.357. The van der Waals surface area contributed by atoms with E-state index in [9.17, 15) is 4.79 Å². The molecule has 0 heterocycles. The summed E-state index contributed by atoms with van der Waals surface area (Å²) < 4.78 is 4.92. The molecule has 92 valence electrons. The lowest BCUT2D eigenvalue weighted by Crippen LogP contribution is -2.43. The smallest absolute Gasteiger partial charge is 0.407 e. The highest BCUT2D eigenvalue weighted by Gasteiger charge is 2.27. The first-order valence-corrected chi connectivity index (χ1v) is 5.73. The number of amides is 1. The van der Waals surface area contributed by atoms with Gasteiger partial charge in [0.15, 0.2) is 0 Å². The van der Waals surface area contributed by atoms with Gasteiger partial charge in [-0.25, -0.2) is 4.79 Å². The van der Waals surface area contributed by atoms with E-state index >= 15 is 0 Å². The van der Waals surface area contributed by atoms with Gasteiger partial charge < -0.3 is 10.1 Å².